The van der Waals surface area contributed by atoms with Gasteiger partial charge in [-0.3, -0.25) is 4.68 Å². The number of ether oxygens (including phenoxy) is 1. The highest BCUT2D eigenvalue weighted by Crippen LogP contribution is 2.46. The van der Waals surface area contributed by atoms with Gasteiger partial charge in [-0.05, 0) is 25.8 Å². The Morgan fingerprint density at radius 1 is 1.26 bits per heavy atom. The molecule has 0 aliphatic heterocycles. The van der Waals surface area contributed by atoms with E-state index in [4.69, 9.17) is 4.74 Å². The number of aryl methyl sites for hydroxylation is 1. The molecule has 8 heteroatoms. The van der Waals surface area contributed by atoms with Crippen LogP contribution in [0.3, 0.4) is 0 Å². The van der Waals surface area contributed by atoms with E-state index in [1.165, 1.54) is 14.0 Å². The van der Waals surface area contributed by atoms with E-state index in [9.17, 15) is 22.0 Å². The fraction of sp³-hybridized carbons (Fsp3) is 0.727. The summed E-state index contributed by atoms with van der Waals surface area (Å²) in [7, 11) is 1.47. The van der Waals surface area contributed by atoms with E-state index in [1.807, 2.05) is 0 Å². The van der Waals surface area contributed by atoms with Crippen LogP contribution in [0.25, 0.3) is 0 Å². The Morgan fingerprint density at radius 3 is 2.32 bits per heavy atom. The smallest absolute Gasteiger partial charge is 0.381 e. The molecule has 0 bridgehead atoms. The normalized spacial score (nSPS) is 24.4. The fourth-order valence-corrected chi connectivity index (χ4v) is 2.10. The average Bonchev–Trinajstić information content (AvgIpc) is 2.57. The molecule has 1 aromatic rings. The number of aromatic nitrogens is 2. The monoisotopic (exact) mass is 284 g/mol. The van der Waals surface area contributed by atoms with Crippen LogP contribution >= 0.6 is 0 Å². The molecule has 0 radical (unpaired) electrons. The standard InChI is InChI=1S/C11H13F5N2O/c1-6-3-9(10(12,13)11(14,15)16)18(17-6)7-4-8(5-7)19-2/h3,7-8H,4-5H2,1-2H3. The lowest BCUT2D eigenvalue weighted by Gasteiger charge is -2.36. The lowest BCUT2D eigenvalue weighted by molar-refractivity contribution is -0.292. The van der Waals surface area contributed by atoms with Gasteiger partial charge in [0.25, 0.3) is 0 Å². The molecule has 0 N–H and O–H groups in total. The van der Waals surface area contributed by atoms with Gasteiger partial charge in [-0.2, -0.15) is 27.1 Å². The van der Waals surface area contributed by atoms with Crippen molar-refractivity contribution in [2.75, 3.05) is 7.11 Å². The van der Waals surface area contributed by atoms with Crippen LogP contribution in [-0.2, 0) is 10.7 Å². The van der Waals surface area contributed by atoms with Crippen molar-refractivity contribution in [2.24, 2.45) is 0 Å². The van der Waals surface area contributed by atoms with Gasteiger partial charge in [0.1, 0.15) is 5.69 Å². The number of alkyl halides is 5. The van der Waals surface area contributed by atoms with Crippen molar-refractivity contribution in [3.05, 3.63) is 17.5 Å². The van der Waals surface area contributed by atoms with Crippen LogP contribution < -0.4 is 0 Å². The Kier molecular flexibility index (Phi) is 3.32. The summed E-state index contributed by atoms with van der Waals surface area (Å²) in [5.74, 6) is -4.90. The van der Waals surface area contributed by atoms with E-state index >= 15 is 0 Å². The van der Waals surface area contributed by atoms with Crippen LogP contribution in [0.2, 0.25) is 0 Å². The number of methoxy groups -OCH3 is 1. The van der Waals surface area contributed by atoms with Crippen molar-refractivity contribution in [2.45, 2.75) is 44.0 Å². The maximum Gasteiger partial charge on any atom is 0.459 e. The summed E-state index contributed by atoms with van der Waals surface area (Å²) in [5.41, 5.74) is -0.961. The first-order chi connectivity index (χ1) is 8.66. The maximum absolute atomic E-state index is 13.4. The summed E-state index contributed by atoms with van der Waals surface area (Å²) >= 11 is 0. The Labute approximate surface area is 106 Å². The van der Waals surface area contributed by atoms with Gasteiger partial charge >= 0.3 is 12.1 Å². The first-order valence-electron chi connectivity index (χ1n) is 5.70. The highest BCUT2D eigenvalue weighted by molar-refractivity contribution is 5.18. The average molecular weight is 284 g/mol. The molecule has 19 heavy (non-hydrogen) atoms. The predicted molar refractivity (Wildman–Crippen MR) is 56.0 cm³/mol. The van der Waals surface area contributed by atoms with Crippen LogP contribution in [0.5, 0.6) is 0 Å². The highest BCUT2D eigenvalue weighted by Gasteiger charge is 2.61. The Morgan fingerprint density at radius 2 is 1.84 bits per heavy atom. The molecule has 1 heterocycles. The van der Waals surface area contributed by atoms with E-state index in [1.54, 1.807) is 0 Å². The number of halogens is 5. The largest absolute Gasteiger partial charge is 0.459 e. The quantitative estimate of drug-likeness (QED) is 0.797. The second-order valence-electron chi connectivity index (χ2n) is 4.67. The molecule has 1 aliphatic carbocycles. The minimum atomic E-state index is -5.62. The summed E-state index contributed by atoms with van der Waals surface area (Å²) in [5, 5.41) is 3.76. The van der Waals surface area contributed by atoms with Crippen LogP contribution in [0.15, 0.2) is 6.07 Å². The van der Waals surface area contributed by atoms with E-state index < -0.39 is 23.8 Å². The predicted octanol–water partition coefficient (Wildman–Crippen LogP) is 3.20. The SMILES string of the molecule is COC1CC(n2nc(C)cc2C(F)(F)C(F)(F)F)C1. The van der Waals surface area contributed by atoms with Gasteiger partial charge in [-0.1, -0.05) is 0 Å². The molecule has 0 unspecified atom stereocenters. The lowest BCUT2D eigenvalue weighted by atomic mass is 9.89. The van der Waals surface area contributed by atoms with E-state index in [-0.39, 0.29) is 11.8 Å². The lowest BCUT2D eigenvalue weighted by Crippen LogP contribution is -2.40. The Balaban J connectivity index is 2.32. The maximum atomic E-state index is 13.4. The van der Waals surface area contributed by atoms with Crippen molar-refractivity contribution in [1.29, 1.82) is 0 Å². The van der Waals surface area contributed by atoms with E-state index in [0.717, 1.165) is 10.7 Å². The molecule has 2 rings (SSSR count). The molecule has 1 aromatic heterocycles. The van der Waals surface area contributed by atoms with Gasteiger partial charge in [0.2, 0.25) is 0 Å². The third kappa shape index (κ3) is 2.33. The molecule has 0 spiro atoms. The zero-order chi connectivity index (χ0) is 14.4. The first kappa shape index (κ1) is 14.2. The van der Waals surface area contributed by atoms with Crippen LogP contribution in [0.1, 0.15) is 30.3 Å². The molecule has 0 amide bonds. The van der Waals surface area contributed by atoms with Crippen molar-refractivity contribution >= 4 is 0 Å². The molecule has 108 valence electrons. The number of rotatable bonds is 3. The molecular formula is C11H13F5N2O. The highest BCUT2D eigenvalue weighted by atomic mass is 19.4. The number of nitrogens with zero attached hydrogens (tertiary/aromatic N) is 2. The molecule has 1 fully saturated rings. The molecule has 0 atom stereocenters. The topological polar surface area (TPSA) is 27.1 Å². The summed E-state index contributed by atoms with van der Waals surface area (Å²) < 4.78 is 69.9. The minimum absolute atomic E-state index is 0.109. The molecule has 1 saturated carbocycles. The fourth-order valence-electron chi connectivity index (χ4n) is 2.10. The third-order valence-electron chi connectivity index (χ3n) is 3.28. The van der Waals surface area contributed by atoms with Gasteiger partial charge in [-0.25, -0.2) is 0 Å². The van der Waals surface area contributed by atoms with Gasteiger partial charge in [0.05, 0.1) is 17.8 Å². The molecule has 1 aliphatic rings. The van der Waals surface area contributed by atoms with Crippen LogP contribution in [-0.4, -0.2) is 29.2 Å². The summed E-state index contributed by atoms with van der Waals surface area (Å²) in [6.07, 6.45) is -4.96. The van der Waals surface area contributed by atoms with Gasteiger partial charge in [-0.15, -0.1) is 0 Å². The van der Waals surface area contributed by atoms with E-state index in [2.05, 4.69) is 5.10 Å². The first-order valence-corrected chi connectivity index (χ1v) is 5.70. The summed E-state index contributed by atoms with van der Waals surface area (Å²) in [6.45, 7) is 1.39. The minimum Gasteiger partial charge on any atom is -0.381 e. The molecule has 3 nitrogen and oxygen atoms in total. The van der Waals surface area contributed by atoms with Crippen molar-refractivity contribution < 1.29 is 26.7 Å². The van der Waals surface area contributed by atoms with Crippen LogP contribution in [0.4, 0.5) is 22.0 Å². The van der Waals surface area contributed by atoms with Gasteiger partial charge < -0.3 is 4.74 Å². The molecule has 0 aromatic carbocycles. The summed E-state index contributed by atoms with van der Waals surface area (Å²) in [4.78, 5) is 0. The van der Waals surface area contributed by atoms with Crippen molar-refractivity contribution in [1.82, 2.24) is 9.78 Å². The zero-order valence-electron chi connectivity index (χ0n) is 10.3. The van der Waals surface area contributed by atoms with E-state index in [0.29, 0.717) is 12.8 Å². The molecular weight excluding hydrogens is 271 g/mol. The summed E-state index contributed by atoms with van der Waals surface area (Å²) in [6, 6.07) is 0.315. The molecule has 0 saturated heterocycles. The Hall–Kier alpha value is -1.18. The second kappa shape index (κ2) is 4.43. The second-order valence-corrected chi connectivity index (χ2v) is 4.67. The van der Waals surface area contributed by atoms with Crippen LogP contribution in [0, 0.1) is 6.92 Å². The number of hydrogen-bond donors (Lipinski definition) is 0. The van der Waals surface area contributed by atoms with Gasteiger partial charge in [0, 0.05) is 7.11 Å². The van der Waals surface area contributed by atoms with Crippen molar-refractivity contribution in [3.63, 3.8) is 0 Å². The third-order valence-corrected chi connectivity index (χ3v) is 3.28. The van der Waals surface area contributed by atoms with Gasteiger partial charge in [0.15, 0.2) is 0 Å². The number of hydrogen-bond acceptors (Lipinski definition) is 2. The zero-order valence-corrected chi connectivity index (χ0v) is 10.3. The Bertz CT molecular complexity index is 462. The van der Waals surface area contributed by atoms with Crippen molar-refractivity contribution in [3.8, 4) is 0 Å².